The summed E-state index contributed by atoms with van der Waals surface area (Å²) in [6, 6.07) is 14.0. The Balaban J connectivity index is 2.11. The zero-order chi connectivity index (χ0) is 15.2. The number of rotatable bonds is 6. The second kappa shape index (κ2) is 6.83. The van der Waals surface area contributed by atoms with E-state index in [1.807, 2.05) is 37.3 Å². The Bertz CT molecular complexity index is 617. The average molecular weight is 288 g/mol. The maximum Gasteiger partial charge on any atom is 0.306 e. The molecule has 4 nitrogen and oxygen atoms in total. The van der Waals surface area contributed by atoms with Crippen LogP contribution in [-0.4, -0.2) is 11.0 Å². The van der Waals surface area contributed by atoms with Crippen molar-refractivity contribution in [1.82, 2.24) is 0 Å². The van der Waals surface area contributed by atoms with Crippen LogP contribution in [0.2, 0.25) is 0 Å². The smallest absolute Gasteiger partial charge is 0.306 e. The van der Waals surface area contributed by atoms with Crippen molar-refractivity contribution in [3.05, 3.63) is 70.0 Å². The van der Waals surface area contributed by atoms with E-state index >= 15 is 0 Å². The molecule has 2 aromatic rings. The van der Waals surface area contributed by atoms with Crippen LogP contribution >= 0.6 is 0 Å². The molecule has 0 aliphatic rings. The van der Waals surface area contributed by atoms with E-state index in [4.69, 9.17) is 0 Å². The highest BCUT2D eigenvalue weighted by Crippen LogP contribution is 2.23. The third kappa shape index (κ3) is 4.02. The molecule has 0 heterocycles. The number of halogens is 1. The van der Waals surface area contributed by atoms with E-state index in [1.165, 1.54) is 17.7 Å². The molecule has 0 bridgehead atoms. The Morgan fingerprint density at radius 2 is 1.95 bits per heavy atom. The molecule has 0 aromatic heterocycles. The molecule has 0 saturated carbocycles. The highest BCUT2D eigenvalue weighted by Gasteiger charge is 2.15. The molecule has 0 amide bonds. The van der Waals surface area contributed by atoms with Crippen LogP contribution in [0.5, 0.6) is 0 Å². The molecule has 1 N–H and O–H groups in total. The van der Waals surface area contributed by atoms with E-state index < -0.39 is 16.4 Å². The first-order valence-corrected chi connectivity index (χ1v) is 6.84. The van der Waals surface area contributed by atoms with E-state index in [9.17, 15) is 14.5 Å². The fourth-order valence-corrected chi connectivity index (χ4v) is 2.17. The van der Waals surface area contributed by atoms with Gasteiger partial charge in [-0.25, -0.2) is 0 Å². The van der Waals surface area contributed by atoms with E-state index in [-0.39, 0.29) is 6.04 Å². The van der Waals surface area contributed by atoms with Crippen molar-refractivity contribution < 1.29 is 9.31 Å². The van der Waals surface area contributed by atoms with E-state index in [0.29, 0.717) is 5.69 Å². The summed E-state index contributed by atoms with van der Waals surface area (Å²) in [7, 11) is 0. The Morgan fingerprint density at radius 1 is 1.24 bits per heavy atom. The topological polar surface area (TPSA) is 55.2 Å². The molecule has 0 fully saturated rings. The molecule has 0 radical (unpaired) electrons. The summed E-state index contributed by atoms with van der Waals surface area (Å²) in [6.07, 6.45) is 1.67. The number of hydrogen-bond acceptors (Lipinski definition) is 3. The maximum atomic E-state index is 13.3. The Labute approximate surface area is 122 Å². The first-order chi connectivity index (χ1) is 10.1. The van der Waals surface area contributed by atoms with E-state index in [1.54, 1.807) is 0 Å². The first-order valence-electron chi connectivity index (χ1n) is 6.84. The molecular weight excluding hydrogens is 271 g/mol. The molecule has 110 valence electrons. The van der Waals surface area contributed by atoms with Crippen molar-refractivity contribution in [1.29, 1.82) is 0 Å². The van der Waals surface area contributed by atoms with Gasteiger partial charge in [-0.3, -0.25) is 10.1 Å². The molecule has 2 rings (SSSR count). The second-order valence-electron chi connectivity index (χ2n) is 4.86. The predicted octanol–water partition coefficient (Wildman–Crippen LogP) is 4.17. The number of nitrogens with one attached hydrogen (secondary N) is 1. The van der Waals surface area contributed by atoms with Crippen molar-refractivity contribution in [2.24, 2.45) is 0 Å². The summed E-state index contributed by atoms with van der Waals surface area (Å²) in [5.41, 5.74) is 1.24. The largest absolute Gasteiger partial charge is 0.382 e. The van der Waals surface area contributed by atoms with Gasteiger partial charge < -0.3 is 5.32 Å². The fraction of sp³-hybridized carbons (Fsp3) is 0.250. The van der Waals surface area contributed by atoms with E-state index in [0.717, 1.165) is 18.9 Å². The summed E-state index contributed by atoms with van der Waals surface area (Å²) >= 11 is 0. The molecule has 21 heavy (non-hydrogen) atoms. The Kier molecular flexibility index (Phi) is 4.87. The number of anilines is 1. The van der Waals surface area contributed by atoms with Crippen LogP contribution in [0.3, 0.4) is 0 Å². The third-order valence-corrected chi connectivity index (χ3v) is 3.33. The molecular formula is C16H17FN2O2. The lowest BCUT2D eigenvalue weighted by Crippen LogP contribution is -2.21. The van der Waals surface area contributed by atoms with Gasteiger partial charge in [0.25, 0.3) is 0 Å². The van der Waals surface area contributed by atoms with Crippen molar-refractivity contribution in [2.75, 3.05) is 5.32 Å². The minimum atomic E-state index is -0.818. The fourth-order valence-electron chi connectivity index (χ4n) is 2.17. The maximum absolute atomic E-state index is 13.3. The van der Waals surface area contributed by atoms with Crippen LogP contribution < -0.4 is 5.32 Å². The van der Waals surface area contributed by atoms with Crippen molar-refractivity contribution in [3.8, 4) is 0 Å². The van der Waals surface area contributed by atoms with Crippen LogP contribution in [0, 0.1) is 15.9 Å². The summed E-state index contributed by atoms with van der Waals surface area (Å²) in [4.78, 5) is 10.0. The standard InChI is InChI=1S/C16H17FN2O2/c1-2-13(10-12-6-4-3-5-7-12)18-14-8-9-15(17)16(11-14)19(20)21/h3-9,11,13,18H,2,10H2,1H3. The van der Waals surface area contributed by atoms with Gasteiger partial charge in [0.2, 0.25) is 5.82 Å². The van der Waals surface area contributed by atoms with Crippen LogP contribution in [0.4, 0.5) is 15.8 Å². The van der Waals surface area contributed by atoms with Gasteiger partial charge in [-0.15, -0.1) is 0 Å². The van der Waals surface area contributed by atoms with Crippen molar-refractivity contribution >= 4 is 11.4 Å². The van der Waals surface area contributed by atoms with Crippen molar-refractivity contribution in [2.45, 2.75) is 25.8 Å². The third-order valence-electron chi connectivity index (χ3n) is 3.33. The zero-order valence-corrected chi connectivity index (χ0v) is 11.8. The van der Waals surface area contributed by atoms with E-state index in [2.05, 4.69) is 5.32 Å². The first kappa shape index (κ1) is 15.0. The zero-order valence-electron chi connectivity index (χ0n) is 11.8. The number of hydrogen-bond donors (Lipinski definition) is 1. The number of nitro benzene ring substituents is 1. The molecule has 0 spiro atoms. The minimum Gasteiger partial charge on any atom is -0.382 e. The number of nitro groups is 1. The normalized spacial score (nSPS) is 11.9. The van der Waals surface area contributed by atoms with Crippen LogP contribution in [0.25, 0.3) is 0 Å². The van der Waals surface area contributed by atoms with Gasteiger partial charge in [-0.05, 0) is 30.5 Å². The summed E-state index contributed by atoms with van der Waals surface area (Å²) in [5.74, 6) is -0.818. The molecule has 2 aromatic carbocycles. The van der Waals surface area contributed by atoms with Crippen molar-refractivity contribution in [3.63, 3.8) is 0 Å². The SMILES string of the molecule is CCC(Cc1ccccc1)Nc1ccc(F)c([N+](=O)[O-])c1. The van der Waals surface area contributed by atoms with Gasteiger partial charge in [0.15, 0.2) is 0 Å². The lowest BCUT2D eigenvalue weighted by molar-refractivity contribution is -0.387. The van der Waals surface area contributed by atoms with Crippen LogP contribution in [-0.2, 0) is 6.42 Å². The summed E-state index contributed by atoms with van der Waals surface area (Å²) in [5, 5.41) is 14.0. The van der Waals surface area contributed by atoms with Gasteiger partial charge in [-0.1, -0.05) is 37.3 Å². The van der Waals surface area contributed by atoms with Gasteiger partial charge in [0.05, 0.1) is 4.92 Å². The second-order valence-corrected chi connectivity index (χ2v) is 4.86. The Hall–Kier alpha value is -2.43. The average Bonchev–Trinajstić information content (AvgIpc) is 2.49. The Morgan fingerprint density at radius 3 is 2.57 bits per heavy atom. The highest BCUT2D eigenvalue weighted by molar-refractivity contribution is 5.52. The van der Waals surface area contributed by atoms with Crippen LogP contribution in [0.15, 0.2) is 48.5 Å². The molecule has 5 heteroatoms. The van der Waals surface area contributed by atoms with Gasteiger partial charge >= 0.3 is 5.69 Å². The molecule has 1 atom stereocenters. The summed E-state index contributed by atoms with van der Waals surface area (Å²) < 4.78 is 13.3. The molecule has 0 saturated heterocycles. The molecule has 0 aliphatic heterocycles. The quantitative estimate of drug-likeness (QED) is 0.641. The van der Waals surface area contributed by atoms with Crippen LogP contribution in [0.1, 0.15) is 18.9 Å². The minimum absolute atomic E-state index is 0.137. The van der Waals surface area contributed by atoms with Gasteiger partial charge in [-0.2, -0.15) is 4.39 Å². The highest BCUT2D eigenvalue weighted by atomic mass is 19.1. The lowest BCUT2D eigenvalue weighted by Gasteiger charge is -2.18. The summed E-state index contributed by atoms with van der Waals surface area (Å²) in [6.45, 7) is 2.04. The number of benzene rings is 2. The molecule has 0 aliphatic carbocycles. The van der Waals surface area contributed by atoms with Gasteiger partial charge in [0.1, 0.15) is 0 Å². The predicted molar refractivity (Wildman–Crippen MR) is 80.9 cm³/mol. The number of nitrogens with zero attached hydrogens (tertiary/aromatic N) is 1. The lowest BCUT2D eigenvalue weighted by atomic mass is 10.0. The monoisotopic (exact) mass is 288 g/mol. The molecule has 1 unspecified atom stereocenters. The van der Waals surface area contributed by atoms with Gasteiger partial charge in [0, 0.05) is 17.8 Å².